The van der Waals surface area contributed by atoms with Gasteiger partial charge in [0.25, 0.3) is 0 Å². The number of aliphatic imine (C=N–C) groups is 1. The number of amides is 3. The summed E-state index contributed by atoms with van der Waals surface area (Å²) in [5, 5.41) is 20.8. The van der Waals surface area contributed by atoms with Gasteiger partial charge >= 0.3 is 5.97 Å². The molecule has 0 aliphatic carbocycles. The number of nitrogens with zero attached hydrogens (tertiary/aromatic N) is 1. The summed E-state index contributed by atoms with van der Waals surface area (Å²) in [7, 11) is 0. The molecule has 0 radical (unpaired) electrons. The van der Waals surface area contributed by atoms with Gasteiger partial charge in [0.05, 0.1) is 6.04 Å². The number of carboxylic acid groups (broad SMARTS) is 1. The van der Waals surface area contributed by atoms with Gasteiger partial charge in [-0.05, 0) is 56.2 Å². The van der Waals surface area contributed by atoms with Crippen molar-refractivity contribution in [2.45, 2.75) is 62.7 Å². The second-order valence-electron chi connectivity index (χ2n) is 9.09. The van der Waals surface area contributed by atoms with Gasteiger partial charge in [-0.2, -0.15) is 11.8 Å². The van der Waals surface area contributed by atoms with Gasteiger partial charge < -0.3 is 37.8 Å². The van der Waals surface area contributed by atoms with E-state index in [2.05, 4.69) is 26.3 Å². The molecule has 1 saturated heterocycles. The van der Waals surface area contributed by atoms with E-state index in [0.29, 0.717) is 18.6 Å². The highest BCUT2D eigenvalue weighted by Gasteiger charge is 2.31. The first-order chi connectivity index (χ1) is 18.2. The second-order valence-corrected chi connectivity index (χ2v) is 10.1. The summed E-state index contributed by atoms with van der Waals surface area (Å²) < 4.78 is 0. The summed E-state index contributed by atoms with van der Waals surface area (Å²) in [5.41, 5.74) is 11.5. The number of hydrogen-bond acceptors (Lipinski definition) is 7. The van der Waals surface area contributed by atoms with Crippen molar-refractivity contribution in [2.75, 3.05) is 25.1 Å². The Hall–Kier alpha value is -3.32. The summed E-state index contributed by atoms with van der Waals surface area (Å²) in [4.78, 5) is 55.0. The fourth-order valence-electron chi connectivity index (χ4n) is 4.05. The third-order valence-corrected chi connectivity index (χ3v) is 6.74. The Kier molecular flexibility index (Phi) is 13.4. The third kappa shape index (κ3) is 11.0. The van der Waals surface area contributed by atoms with E-state index in [1.54, 1.807) is 0 Å². The monoisotopic (exact) mass is 549 g/mol. The predicted molar refractivity (Wildman–Crippen MR) is 148 cm³/mol. The number of carbonyl (C=O) groups excluding carboxylic acids is 3. The molecule has 4 unspecified atom stereocenters. The molecule has 9 N–H and O–H groups in total. The lowest BCUT2D eigenvalue weighted by atomic mass is 10.0. The molecule has 0 aromatic heterocycles. The molecule has 4 atom stereocenters. The van der Waals surface area contributed by atoms with E-state index >= 15 is 0 Å². The van der Waals surface area contributed by atoms with Crippen LogP contribution in [-0.4, -0.2) is 84.0 Å². The van der Waals surface area contributed by atoms with Crippen molar-refractivity contribution in [1.82, 2.24) is 21.3 Å². The first-order valence-electron chi connectivity index (χ1n) is 12.7. The van der Waals surface area contributed by atoms with Crippen molar-refractivity contribution < 1.29 is 24.3 Å². The van der Waals surface area contributed by atoms with Crippen LogP contribution in [0.2, 0.25) is 0 Å². The van der Waals surface area contributed by atoms with Gasteiger partial charge in [0.1, 0.15) is 18.1 Å². The smallest absolute Gasteiger partial charge is 0.326 e. The molecule has 0 saturated carbocycles. The number of guanidine groups is 1. The first kappa shape index (κ1) is 30.9. The topological polar surface area (TPSA) is 201 Å². The van der Waals surface area contributed by atoms with E-state index in [1.807, 2.05) is 36.6 Å². The molecular weight excluding hydrogens is 510 g/mol. The van der Waals surface area contributed by atoms with Gasteiger partial charge in [-0.25, -0.2) is 4.79 Å². The van der Waals surface area contributed by atoms with Crippen molar-refractivity contribution in [3.63, 3.8) is 0 Å². The van der Waals surface area contributed by atoms with Crippen LogP contribution >= 0.6 is 11.8 Å². The van der Waals surface area contributed by atoms with Gasteiger partial charge in [0.15, 0.2) is 5.96 Å². The normalized spacial score (nSPS) is 17.0. The minimum atomic E-state index is -1.15. The van der Waals surface area contributed by atoms with Gasteiger partial charge in [-0.15, -0.1) is 0 Å². The summed E-state index contributed by atoms with van der Waals surface area (Å²) in [6.45, 7) is 0.993. The molecule has 0 spiro atoms. The number of nitrogens with one attached hydrogen (secondary N) is 4. The minimum absolute atomic E-state index is 0.0701. The maximum atomic E-state index is 13.4. The van der Waals surface area contributed by atoms with E-state index in [9.17, 15) is 24.3 Å². The lowest BCUT2D eigenvalue weighted by molar-refractivity contribution is -0.142. The molecule has 3 amide bonds. The van der Waals surface area contributed by atoms with Crippen LogP contribution in [0.15, 0.2) is 35.3 Å². The van der Waals surface area contributed by atoms with E-state index in [-0.39, 0.29) is 43.7 Å². The molecule has 12 nitrogen and oxygen atoms in total. The zero-order valence-electron chi connectivity index (χ0n) is 21.7. The number of nitrogens with two attached hydrogens (primary N) is 2. The van der Waals surface area contributed by atoms with Crippen molar-refractivity contribution in [3.05, 3.63) is 35.9 Å². The number of benzene rings is 1. The number of carboxylic acids is 1. The van der Waals surface area contributed by atoms with E-state index < -0.39 is 35.9 Å². The maximum Gasteiger partial charge on any atom is 0.326 e. The van der Waals surface area contributed by atoms with Crippen molar-refractivity contribution in [3.8, 4) is 0 Å². The zero-order valence-corrected chi connectivity index (χ0v) is 22.5. The van der Waals surface area contributed by atoms with Crippen molar-refractivity contribution >= 4 is 41.4 Å². The van der Waals surface area contributed by atoms with Crippen molar-refractivity contribution in [1.29, 1.82) is 0 Å². The van der Waals surface area contributed by atoms with Crippen LogP contribution in [0.25, 0.3) is 0 Å². The number of aliphatic carboxylic acids is 1. The molecule has 2 rings (SSSR count). The van der Waals surface area contributed by atoms with Gasteiger partial charge in [-0.1, -0.05) is 30.3 Å². The van der Waals surface area contributed by atoms with Gasteiger partial charge in [-0.3, -0.25) is 19.4 Å². The van der Waals surface area contributed by atoms with Crippen LogP contribution in [0.3, 0.4) is 0 Å². The molecule has 38 heavy (non-hydrogen) atoms. The van der Waals surface area contributed by atoms with Crippen LogP contribution in [0.5, 0.6) is 0 Å². The third-order valence-electron chi connectivity index (χ3n) is 6.10. The van der Waals surface area contributed by atoms with Crippen molar-refractivity contribution in [2.24, 2.45) is 16.5 Å². The Bertz CT molecular complexity index is 953. The Morgan fingerprint density at radius 1 is 1.05 bits per heavy atom. The number of thioether (sulfide) groups is 1. The SMILES string of the molecule is CSCCC(NC(=O)C(Cc1ccccc1)NC(=O)C(CCCN=C(N)N)NC(=O)C1CCCN1)C(=O)O. The standard InChI is InChI=1S/C25H39N7O5S/c1-38-14-11-19(24(36)37)31-23(35)20(15-16-7-3-2-4-8-16)32-22(34)18(10-6-13-29-25(26)27)30-21(33)17-9-5-12-28-17/h2-4,7-8,17-20,28H,5-6,9-15H2,1H3,(H,30,33)(H,31,35)(H,32,34)(H,36,37)(H4,26,27,29). The summed E-state index contributed by atoms with van der Waals surface area (Å²) in [5.74, 6) is -2.12. The summed E-state index contributed by atoms with van der Waals surface area (Å²) in [6, 6.07) is 5.62. The predicted octanol–water partition coefficient (Wildman–Crippen LogP) is -0.673. The molecule has 1 aliphatic heterocycles. The summed E-state index contributed by atoms with van der Waals surface area (Å²) in [6.07, 6.45) is 4.42. The molecule has 1 aromatic rings. The first-order valence-corrected chi connectivity index (χ1v) is 14.1. The largest absolute Gasteiger partial charge is 0.480 e. The molecule has 210 valence electrons. The van der Waals surface area contributed by atoms with E-state index in [4.69, 9.17) is 11.5 Å². The highest BCUT2D eigenvalue weighted by Crippen LogP contribution is 2.09. The lowest BCUT2D eigenvalue weighted by Gasteiger charge is -2.25. The molecule has 1 heterocycles. The Labute approximate surface area is 227 Å². The fraction of sp³-hybridized carbons (Fsp3) is 0.560. The Balaban J connectivity index is 2.19. The molecule has 1 aliphatic rings. The highest BCUT2D eigenvalue weighted by atomic mass is 32.2. The Morgan fingerprint density at radius 2 is 1.74 bits per heavy atom. The van der Waals surface area contributed by atoms with Gasteiger partial charge in [0, 0.05) is 13.0 Å². The quantitative estimate of drug-likeness (QED) is 0.0793. The molecule has 13 heteroatoms. The molecule has 0 bridgehead atoms. The molecule has 1 aromatic carbocycles. The minimum Gasteiger partial charge on any atom is -0.480 e. The second kappa shape index (κ2) is 16.5. The number of hydrogen-bond donors (Lipinski definition) is 7. The fourth-order valence-corrected chi connectivity index (χ4v) is 4.52. The highest BCUT2D eigenvalue weighted by molar-refractivity contribution is 7.98. The molecule has 1 fully saturated rings. The zero-order chi connectivity index (χ0) is 27.9. The average Bonchev–Trinajstić information content (AvgIpc) is 3.43. The van der Waals surface area contributed by atoms with Crippen LogP contribution < -0.4 is 32.7 Å². The maximum absolute atomic E-state index is 13.4. The van der Waals surface area contributed by atoms with Gasteiger partial charge in [0.2, 0.25) is 17.7 Å². The number of carbonyl (C=O) groups is 4. The summed E-state index contributed by atoms with van der Waals surface area (Å²) >= 11 is 1.47. The van der Waals surface area contributed by atoms with E-state index in [1.165, 1.54) is 11.8 Å². The van der Waals surface area contributed by atoms with Crippen LogP contribution in [0.1, 0.15) is 37.7 Å². The lowest BCUT2D eigenvalue weighted by Crippen LogP contribution is -2.57. The number of rotatable bonds is 16. The van der Waals surface area contributed by atoms with Crippen LogP contribution in [-0.2, 0) is 25.6 Å². The molecular formula is C25H39N7O5S. The van der Waals surface area contributed by atoms with E-state index in [0.717, 1.165) is 18.5 Å². The average molecular weight is 550 g/mol. The van der Waals surface area contributed by atoms with Crippen LogP contribution in [0, 0.1) is 0 Å². The van der Waals surface area contributed by atoms with Crippen LogP contribution in [0.4, 0.5) is 0 Å². The Morgan fingerprint density at radius 3 is 2.34 bits per heavy atom.